The second-order valence-corrected chi connectivity index (χ2v) is 15.7. The largest absolute Gasteiger partial charge is 0.346 e. The number of amides is 5. The number of hydrogen-bond acceptors (Lipinski definition) is 6. The highest BCUT2D eigenvalue weighted by atomic mass is 16.2. The fraction of sp³-hybridized carbons (Fsp3) is 0.722. The molecule has 3 rings (SSSR count). The number of rotatable bonds is 13. The lowest BCUT2D eigenvalue weighted by Gasteiger charge is -2.50. The molecule has 256 valence electrons. The summed E-state index contributed by atoms with van der Waals surface area (Å²) in [5, 5.41) is 5.23. The zero-order chi connectivity index (χ0) is 34.4. The average molecular weight is 641 g/mol. The van der Waals surface area contributed by atoms with E-state index in [1.165, 1.54) is 11.0 Å². The fourth-order valence-corrected chi connectivity index (χ4v) is 7.50. The van der Waals surface area contributed by atoms with Crippen molar-refractivity contribution in [2.24, 2.45) is 28.1 Å². The molecule has 2 fully saturated rings. The standard InChI is InChI=1S/C36H56N4O6/c1-9-15-25(30(43)32(45)37-19-10-2)38-31(44)26-16-14-20-39(26)33(46)29(36(8)17-12-11-13-18-36)24(34(3,4)5)23-40-27(41)21-35(6,7)22-28(40)42/h10,14,16,24-26,29H,2,9,11-13,15,17-23H2,1,3-8H3,(H,37,45)(H,38,44)/t24-,25?,26-,29?/m0/s1. The van der Waals surface area contributed by atoms with Crippen molar-refractivity contribution in [1.29, 1.82) is 0 Å². The van der Waals surface area contributed by atoms with Gasteiger partial charge in [0.1, 0.15) is 6.04 Å². The topological polar surface area (TPSA) is 133 Å². The third-order valence-electron chi connectivity index (χ3n) is 10.1. The van der Waals surface area contributed by atoms with E-state index in [2.05, 4.69) is 44.9 Å². The van der Waals surface area contributed by atoms with Crippen molar-refractivity contribution in [2.75, 3.05) is 19.6 Å². The Morgan fingerprint density at radius 3 is 2.20 bits per heavy atom. The van der Waals surface area contributed by atoms with Gasteiger partial charge in [0.15, 0.2) is 0 Å². The molecule has 2 N–H and O–H groups in total. The van der Waals surface area contributed by atoms with Gasteiger partial charge in [0.2, 0.25) is 29.4 Å². The first kappa shape index (κ1) is 37.2. The van der Waals surface area contributed by atoms with E-state index < -0.39 is 51.8 Å². The van der Waals surface area contributed by atoms with Gasteiger partial charge in [-0.05, 0) is 41.4 Å². The van der Waals surface area contributed by atoms with E-state index in [4.69, 9.17) is 0 Å². The number of piperidine rings is 1. The van der Waals surface area contributed by atoms with Crippen molar-refractivity contribution in [3.8, 4) is 0 Å². The Hall–Kier alpha value is -3.30. The smallest absolute Gasteiger partial charge is 0.289 e. The van der Waals surface area contributed by atoms with Crippen LogP contribution in [-0.4, -0.2) is 76.8 Å². The zero-order valence-electron chi connectivity index (χ0n) is 29.1. The summed E-state index contributed by atoms with van der Waals surface area (Å²) in [5.74, 6) is -3.57. The molecule has 4 atom stereocenters. The Balaban J connectivity index is 1.95. The summed E-state index contributed by atoms with van der Waals surface area (Å²) in [4.78, 5) is 83.6. The van der Waals surface area contributed by atoms with Gasteiger partial charge in [-0.3, -0.25) is 33.7 Å². The highest BCUT2D eigenvalue weighted by molar-refractivity contribution is 6.38. The average Bonchev–Trinajstić information content (AvgIpc) is 3.46. The van der Waals surface area contributed by atoms with Gasteiger partial charge >= 0.3 is 0 Å². The molecule has 3 aliphatic rings. The molecule has 0 aromatic heterocycles. The van der Waals surface area contributed by atoms with Crippen LogP contribution in [0.3, 0.4) is 0 Å². The number of hydrogen-bond donors (Lipinski definition) is 2. The summed E-state index contributed by atoms with van der Waals surface area (Å²) < 4.78 is 0. The van der Waals surface area contributed by atoms with Crippen molar-refractivity contribution < 1.29 is 28.8 Å². The van der Waals surface area contributed by atoms with Crippen LogP contribution >= 0.6 is 0 Å². The van der Waals surface area contributed by atoms with Gasteiger partial charge in [-0.2, -0.15) is 0 Å². The van der Waals surface area contributed by atoms with Gasteiger partial charge < -0.3 is 15.5 Å². The van der Waals surface area contributed by atoms with E-state index in [9.17, 15) is 28.8 Å². The summed E-state index contributed by atoms with van der Waals surface area (Å²) in [7, 11) is 0. The highest BCUT2D eigenvalue weighted by Crippen LogP contribution is 2.51. The molecule has 46 heavy (non-hydrogen) atoms. The molecular weight excluding hydrogens is 584 g/mol. The molecule has 10 nitrogen and oxygen atoms in total. The van der Waals surface area contributed by atoms with E-state index in [-0.39, 0.29) is 62.5 Å². The number of Topliss-reactive ketones (excluding diaryl/α,β-unsaturated/α-hetero) is 1. The van der Waals surface area contributed by atoms with Crippen LogP contribution in [0.4, 0.5) is 0 Å². The molecule has 0 spiro atoms. The van der Waals surface area contributed by atoms with Gasteiger partial charge in [0, 0.05) is 38.4 Å². The SMILES string of the molecule is C=CCNC(=O)C(=O)C(CCC)NC(=O)[C@@H]1C=CCN1C(=O)C([C@H](CN1C(=O)CC(C)(C)CC1=O)C(C)(C)C)C1(C)CCCCC1. The first-order valence-electron chi connectivity index (χ1n) is 17.0. The Morgan fingerprint density at radius 1 is 1.04 bits per heavy atom. The lowest BCUT2D eigenvalue weighted by Crippen LogP contribution is -2.58. The van der Waals surface area contributed by atoms with Crippen LogP contribution in [0.5, 0.6) is 0 Å². The number of carbonyl (C=O) groups is 6. The summed E-state index contributed by atoms with van der Waals surface area (Å²) >= 11 is 0. The second kappa shape index (κ2) is 15.1. The summed E-state index contributed by atoms with van der Waals surface area (Å²) in [6.45, 7) is 18.1. The third kappa shape index (κ3) is 8.73. The van der Waals surface area contributed by atoms with Crippen molar-refractivity contribution in [2.45, 2.75) is 118 Å². The molecule has 2 heterocycles. The van der Waals surface area contributed by atoms with Crippen molar-refractivity contribution in [3.05, 3.63) is 24.8 Å². The fourth-order valence-electron chi connectivity index (χ4n) is 7.50. The van der Waals surface area contributed by atoms with Crippen LogP contribution < -0.4 is 10.6 Å². The molecular formula is C36H56N4O6. The predicted octanol–water partition coefficient (Wildman–Crippen LogP) is 4.33. The van der Waals surface area contributed by atoms with E-state index in [0.717, 1.165) is 32.1 Å². The minimum absolute atomic E-state index is 0.131. The van der Waals surface area contributed by atoms with E-state index in [0.29, 0.717) is 6.42 Å². The minimum atomic E-state index is -1.03. The van der Waals surface area contributed by atoms with Gasteiger partial charge in [-0.15, -0.1) is 6.58 Å². The van der Waals surface area contributed by atoms with Crippen LogP contribution in [0.2, 0.25) is 0 Å². The molecule has 2 unspecified atom stereocenters. The maximum absolute atomic E-state index is 14.9. The first-order chi connectivity index (χ1) is 21.5. The minimum Gasteiger partial charge on any atom is -0.346 e. The van der Waals surface area contributed by atoms with Gasteiger partial charge in [-0.25, -0.2) is 0 Å². The summed E-state index contributed by atoms with van der Waals surface area (Å²) in [5.41, 5.74) is -1.25. The Bertz CT molecular complexity index is 1210. The first-order valence-corrected chi connectivity index (χ1v) is 17.0. The number of nitrogens with zero attached hydrogens (tertiary/aromatic N) is 2. The lowest BCUT2D eigenvalue weighted by atomic mass is 9.57. The maximum Gasteiger partial charge on any atom is 0.289 e. The number of likely N-dealkylation sites (tertiary alicyclic amines) is 1. The molecule has 1 saturated heterocycles. The Kier molecular flexibility index (Phi) is 12.2. The van der Waals surface area contributed by atoms with Crippen LogP contribution in [-0.2, 0) is 28.8 Å². The molecule has 1 saturated carbocycles. The molecule has 0 radical (unpaired) electrons. The predicted molar refractivity (Wildman–Crippen MR) is 177 cm³/mol. The normalized spacial score (nSPS) is 23.0. The Morgan fingerprint density at radius 2 is 1.65 bits per heavy atom. The van der Waals surface area contributed by atoms with Crippen molar-refractivity contribution in [3.63, 3.8) is 0 Å². The number of carbonyl (C=O) groups excluding carboxylic acids is 6. The molecule has 0 aromatic carbocycles. The number of ketones is 1. The summed E-state index contributed by atoms with van der Waals surface area (Å²) in [6, 6.07) is -1.98. The number of nitrogens with one attached hydrogen (secondary N) is 2. The van der Waals surface area contributed by atoms with Crippen molar-refractivity contribution >= 4 is 35.3 Å². The van der Waals surface area contributed by atoms with Crippen LogP contribution in [0.1, 0.15) is 106 Å². The van der Waals surface area contributed by atoms with E-state index in [1.54, 1.807) is 17.1 Å². The van der Waals surface area contributed by atoms with E-state index >= 15 is 0 Å². The quantitative estimate of drug-likeness (QED) is 0.175. The van der Waals surface area contributed by atoms with Crippen LogP contribution in [0.15, 0.2) is 24.8 Å². The summed E-state index contributed by atoms with van der Waals surface area (Å²) in [6.07, 6.45) is 11.0. The zero-order valence-corrected chi connectivity index (χ0v) is 29.1. The van der Waals surface area contributed by atoms with Gasteiger partial charge in [0.05, 0.1) is 6.04 Å². The van der Waals surface area contributed by atoms with Gasteiger partial charge in [-0.1, -0.05) is 92.4 Å². The lowest BCUT2D eigenvalue weighted by molar-refractivity contribution is -0.160. The molecule has 0 bridgehead atoms. The number of imide groups is 1. The molecule has 10 heteroatoms. The van der Waals surface area contributed by atoms with Crippen molar-refractivity contribution in [1.82, 2.24) is 20.4 Å². The van der Waals surface area contributed by atoms with Crippen LogP contribution in [0.25, 0.3) is 0 Å². The second-order valence-electron chi connectivity index (χ2n) is 15.7. The molecule has 1 aliphatic carbocycles. The molecule has 0 aromatic rings. The highest BCUT2D eigenvalue weighted by Gasteiger charge is 2.52. The third-order valence-corrected chi connectivity index (χ3v) is 10.1. The van der Waals surface area contributed by atoms with Crippen LogP contribution in [0, 0.1) is 28.1 Å². The van der Waals surface area contributed by atoms with E-state index in [1.807, 2.05) is 20.8 Å². The Labute approximate surface area is 275 Å². The molecule has 5 amide bonds. The maximum atomic E-state index is 14.9. The monoisotopic (exact) mass is 640 g/mol. The van der Waals surface area contributed by atoms with Gasteiger partial charge in [0.25, 0.3) is 5.91 Å². The molecule has 2 aliphatic heterocycles.